The van der Waals surface area contributed by atoms with Gasteiger partial charge in [0.1, 0.15) is 0 Å². The van der Waals surface area contributed by atoms with Crippen LogP contribution < -0.4 is 5.32 Å². The van der Waals surface area contributed by atoms with Gasteiger partial charge in [-0.1, -0.05) is 17.7 Å². The molecule has 3 nitrogen and oxygen atoms in total. The van der Waals surface area contributed by atoms with Crippen molar-refractivity contribution in [3.05, 3.63) is 28.8 Å². The highest BCUT2D eigenvalue weighted by molar-refractivity contribution is 6.31. The molecule has 1 aliphatic rings. The van der Waals surface area contributed by atoms with Gasteiger partial charge in [-0.3, -0.25) is 0 Å². The van der Waals surface area contributed by atoms with E-state index in [2.05, 4.69) is 12.2 Å². The number of hydrogen-bond acceptors (Lipinski definition) is 1. The van der Waals surface area contributed by atoms with Crippen LogP contribution in [0.25, 0.3) is 0 Å². The van der Waals surface area contributed by atoms with Gasteiger partial charge < -0.3 is 10.2 Å². The molecule has 1 saturated heterocycles. The Morgan fingerprint density at radius 3 is 2.89 bits per heavy atom. The van der Waals surface area contributed by atoms with Gasteiger partial charge in [0.15, 0.2) is 0 Å². The van der Waals surface area contributed by atoms with Crippen molar-refractivity contribution < 1.29 is 4.79 Å². The fourth-order valence-electron chi connectivity index (χ4n) is 2.27. The number of halogens is 1. The number of nitrogens with zero attached hydrogens (tertiary/aromatic N) is 1. The number of anilines is 1. The van der Waals surface area contributed by atoms with Crippen LogP contribution in [0.1, 0.15) is 31.7 Å². The summed E-state index contributed by atoms with van der Waals surface area (Å²) in [5.74, 6) is 0. The average molecular weight is 267 g/mol. The topological polar surface area (TPSA) is 32.3 Å². The lowest BCUT2D eigenvalue weighted by atomic mass is 10.0. The van der Waals surface area contributed by atoms with Gasteiger partial charge in [0, 0.05) is 23.3 Å². The Bertz CT molecular complexity index is 447. The fourth-order valence-corrected chi connectivity index (χ4v) is 2.45. The molecule has 0 saturated carbocycles. The second-order valence-electron chi connectivity index (χ2n) is 4.93. The summed E-state index contributed by atoms with van der Waals surface area (Å²) in [7, 11) is 0. The molecule has 1 unspecified atom stereocenters. The van der Waals surface area contributed by atoms with Crippen molar-refractivity contribution in [1.82, 2.24) is 4.90 Å². The van der Waals surface area contributed by atoms with E-state index < -0.39 is 0 Å². The summed E-state index contributed by atoms with van der Waals surface area (Å²) < 4.78 is 0. The van der Waals surface area contributed by atoms with Gasteiger partial charge in [-0.25, -0.2) is 4.79 Å². The molecule has 1 heterocycles. The van der Waals surface area contributed by atoms with Gasteiger partial charge in [-0.2, -0.15) is 0 Å². The lowest BCUT2D eigenvalue weighted by molar-refractivity contribution is 0.170. The third-order valence-corrected chi connectivity index (χ3v) is 3.89. The number of amides is 2. The van der Waals surface area contributed by atoms with Gasteiger partial charge in [0.05, 0.1) is 0 Å². The summed E-state index contributed by atoms with van der Waals surface area (Å²) >= 11 is 6.05. The second-order valence-corrected chi connectivity index (χ2v) is 5.34. The van der Waals surface area contributed by atoms with Gasteiger partial charge in [-0.05, 0) is 50.8 Å². The number of likely N-dealkylation sites (tertiary alicyclic amines) is 1. The summed E-state index contributed by atoms with van der Waals surface area (Å²) in [6.45, 7) is 4.88. The predicted octanol–water partition coefficient (Wildman–Crippen LogP) is 4.05. The number of piperidine rings is 1. The normalized spacial score (nSPS) is 19.7. The quantitative estimate of drug-likeness (QED) is 0.817. The highest BCUT2D eigenvalue weighted by atomic mass is 35.5. The summed E-state index contributed by atoms with van der Waals surface area (Å²) in [4.78, 5) is 14.0. The average Bonchev–Trinajstić information content (AvgIpc) is 2.34. The molecular formula is C14H19ClN2O. The lowest BCUT2D eigenvalue weighted by Gasteiger charge is -2.33. The fraction of sp³-hybridized carbons (Fsp3) is 0.500. The van der Waals surface area contributed by atoms with Gasteiger partial charge in [0.25, 0.3) is 0 Å². The second kappa shape index (κ2) is 5.61. The third-order valence-electron chi connectivity index (χ3n) is 3.49. The number of carbonyl (C=O) groups is 1. The minimum Gasteiger partial charge on any atom is -0.322 e. The van der Waals surface area contributed by atoms with Crippen molar-refractivity contribution in [2.24, 2.45) is 0 Å². The van der Waals surface area contributed by atoms with Crippen LogP contribution in [0.3, 0.4) is 0 Å². The summed E-state index contributed by atoms with van der Waals surface area (Å²) in [5.41, 5.74) is 1.77. The molecule has 0 radical (unpaired) electrons. The molecule has 0 bridgehead atoms. The molecule has 4 heteroatoms. The first-order chi connectivity index (χ1) is 8.58. The van der Waals surface area contributed by atoms with E-state index in [4.69, 9.17) is 11.6 Å². The van der Waals surface area contributed by atoms with Crippen molar-refractivity contribution in [2.45, 2.75) is 39.2 Å². The van der Waals surface area contributed by atoms with Crippen LogP contribution >= 0.6 is 11.6 Å². The Balaban J connectivity index is 2.04. The molecular weight excluding hydrogens is 248 g/mol. The minimum atomic E-state index is -0.0258. The zero-order valence-electron chi connectivity index (χ0n) is 10.9. The minimum absolute atomic E-state index is 0.0258. The van der Waals surface area contributed by atoms with Gasteiger partial charge >= 0.3 is 6.03 Å². The third kappa shape index (κ3) is 2.96. The number of nitrogens with one attached hydrogen (secondary N) is 1. The number of benzene rings is 1. The van der Waals surface area contributed by atoms with E-state index in [0.29, 0.717) is 11.1 Å². The number of aryl methyl sites for hydroxylation is 1. The molecule has 1 aromatic carbocycles. The van der Waals surface area contributed by atoms with Crippen molar-refractivity contribution in [2.75, 3.05) is 11.9 Å². The smallest absolute Gasteiger partial charge is 0.322 e. The van der Waals surface area contributed by atoms with Crippen LogP contribution in [0.2, 0.25) is 5.02 Å². The standard InChI is InChI=1S/C14H19ClN2O/c1-10-6-7-12(9-13(10)15)16-14(18)17-8-4-3-5-11(17)2/h6-7,9,11H,3-5,8H2,1-2H3,(H,16,18). The number of urea groups is 1. The SMILES string of the molecule is Cc1ccc(NC(=O)N2CCCCC2C)cc1Cl. The molecule has 0 aliphatic carbocycles. The Morgan fingerprint density at radius 1 is 1.44 bits per heavy atom. The molecule has 2 amide bonds. The van der Waals surface area contributed by atoms with Crippen LogP contribution in [0.5, 0.6) is 0 Å². The Labute approximate surface area is 113 Å². The summed E-state index contributed by atoms with van der Waals surface area (Å²) in [6.07, 6.45) is 3.38. The monoisotopic (exact) mass is 266 g/mol. The highest BCUT2D eigenvalue weighted by Gasteiger charge is 2.23. The number of hydrogen-bond donors (Lipinski definition) is 1. The van der Waals surface area contributed by atoms with Crippen LogP contribution in [0, 0.1) is 6.92 Å². The van der Waals surface area contributed by atoms with E-state index in [1.165, 1.54) is 6.42 Å². The van der Waals surface area contributed by atoms with Gasteiger partial charge in [0.2, 0.25) is 0 Å². The first kappa shape index (κ1) is 13.2. The van der Waals surface area contributed by atoms with Crippen LogP contribution in [0.15, 0.2) is 18.2 Å². The van der Waals surface area contributed by atoms with Crippen LogP contribution in [0.4, 0.5) is 10.5 Å². The van der Waals surface area contributed by atoms with E-state index in [0.717, 1.165) is 30.6 Å². The Morgan fingerprint density at radius 2 is 2.22 bits per heavy atom. The van der Waals surface area contributed by atoms with E-state index in [-0.39, 0.29) is 6.03 Å². The molecule has 0 spiro atoms. The Kier molecular flexibility index (Phi) is 4.12. The first-order valence-electron chi connectivity index (χ1n) is 6.41. The van der Waals surface area contributed by atoms with Crippen LogP contribution in [-0.4, -0.2) is 23.5 Å². The molecule has 1 fully saturated rings. The van der Waals surface area contributed by atoms with Crippen molar-refractivity contribution in [3.63, 3.8) is 0 Å². The van der Waals surface area contributed by atoms with E-state index in [1.807, 2.05) is 24.0 Å². The molecule has 1 aromatic rings. The highest BCUT2D eigenvalue weighted by Crippen LogP contribution is 2.22. The maximum atomic E-state index is 12.1. The van der Waals surface area contributed by atoms with E-state index >= 15 is 0 Å². The maximum absolute atomic E-state index is 12.1. The zero-order chi connectivity index (χ0) is 13.1. The van der Waals surface area contributed by atoms with Crippen molar-refractivity contribution in [3.8, 4) is 0 Å². The predicted molar refractivity (Wildman–Crippen MR) is 75.2 cm³/mol. The first-order valence-corrected chi connectivity index (χ1v) is 6.79. The molecule has 0 aromatic heterocycles. The molecule has 98 valence electrons. The molecule has 2 rings (SSSR count). The Hall–Kier alpha value is -1.22. The van der Waals surface area contributed by atoms with E-state index in [1.54, 1.807) is 6.07 Å². The van der Waals surface area contributed by atoms with Crippen molar-refractivity contribution in [1.29, 1.82) is 0 Å². The summed E-state index contributed by atoms with van der Waals surface area (Å²) in [6, 6.07) is 5.89. The van der Waals surface area contributed by atoms with Crippen LogP contribution in [-0.2, 0) is 0 Å². The summed E-state index contributed by atoms with van der Waals surface area (Å²) in [5, 5.41) is 3.59. The number of rotatable bonds is 1. The number of carbonyl (C=O) groups excluding carboxylic acids is 1. The van der Waals surface area contributed by atoms with Crippen molar-refractivity contribution >= 4 is 23.3 Å². The van der Waals surface area contributed by atoms with E-state index in [9.17, 15) is 4.79 Å². The zero-order valence-corrected chi connectivity index (χ0v) is 11.6. The molecule has 1 atom stereocenters. The lowest BCUT2D eigenvalue weighted by Crippen LogP contribution is -2.44. The molecule has 1 N–H and O–H groups in total. The largest absolute Gasteiger partial charge is 0.322 e. The van der Waals surface area contributed by atoms with Gasteiger partial charge in [-0.15, -0.1) is 0 Å². The maximum Gasteiger partial charge on any atom is 0.322 e. The molecule has 18 heavy (non-hydrogen) atoms. The molecule has 1 aliphatic heterocycles.